The molecule has 0 aromatic heterocycles. The maximum absolute atomic E-state index is 11.6. The SMILES string of the molecule is COC(=O)CC(C)(C)C1CCCC(C(C)(C)NC(=O)OC)C1.COC(=O)CC1CCC(NC(=O)OC)CC1.COC(=O)CCC1CCCC(CNC(=O)OC)C1.COC(=O)NC1CCCC(NC(=O)OC)C1C.COC(=O)NCC1(C)CC(NC(=O)OC)CC(C)(C)C1. The molecule has 5 saturated carbocycles. The number of esters is 3. The molecule has 0 spiro atoms. The van der Waals surface area contributed by atoms with Crippen LogP contribution >= 0.6 is 0 Å². The highest BCUT2D eigenvalue weighted by Gasteiger charge is 2.43. The minimum Gasteiger partial charge on any atom is -0.469 e. The van der Waals surface area contributed by atoms with E-state index in [1.165, 1.54) is 83.9 Å². The molecule has 538 valence electrons. The van der Waals surface area contributed by atoms with Crippen LogP contribution in [0.15, 0.2) is 0 Å². The summed E-state index contributed by atoms with van der Waals surface area (Å²) >= 11 is 0. The second-order valence-electron chi connectivity index (χ2n) is 27.7. The van der Waals surface area contributed by atoms with Crippen LogP contribution < -0.4 is 37.2 Å². The molecule has 93 heavy (non-hydrogen) atoms. The summed E-state index contributed by atoms with van der Waals surface area (Å²) in [6.45, 7) is 18.0. The quantitative estimate of drug-likeness (QED) is 0.0495. The molecule has 7 amide bonds. The van der Waals surface area contributed by atoms with Gasteiger partial charge in [0.05, 0.1) is 77.5 Å². The molecule has 5 aliphatic rings. The number of hydrogen-bond donors (Lipinski definition) is 7. The van der Waals surface area contributed by atoms with Crippen molar-refractivity contribution < 1.29 is 95.3 Å². The molecule has 5 rings (SSSR count). The Balaban J connectivity index is 0.000000584. The van der Waals surface area contributed by atoms with Gasteiger partial charge in [0.25, 0.3) is 0 Å². The van der Waals surface area contributed by atoms with Crippen molar-refractivity contribution in [2.45, 2.75) is 226 Å². The van der Waals surface area contributed by atoms with Crippen LogP contribution in [0.1, 0.15) is 197 Å². The molecule has 0 aromatic carbocycles. The van der Waals surface area contributed by atoms with Gasteiger partial charge in [0.2, 0.25) is 0 Å². The van der Waals surface area contributed by atoms with Gasteiger partial charge in [-0.25, -0.2) is 33.6 Å². The topological polar surface area (TPSA) is 347 Å². The summed E-state index contributed by atoms with van der Waals surface area (Å²) in [5.74, 6) is 2.01. The molecule has 5 fully saturated rings. The maximum Gasteiger partial charge on any atom is 0.407 e. The molecular formula is C66H119N7O20. The number of hydrogen-bond acceptors (Lipinski definition) is 20. The highest BCUT2D eigenvalue weighted by Crippen LogP contribution is 2.47. The van der Waals surface area contributed by atoms with Crippen molar-refractivity contribution in [3.8, 4) is 0 Å². The van der Waals surface area contributed by atoms with Gasteiger partial charge in [0.1, 0.15) is 0 Å². The van der Waals surface area contributed by atoms with E-state index >= 15 is 0 Å². The number of nitrogens with one attached hydrogen (secondary N) is 7. The van der Waals surface area contributed by atoms with Crippen molar-refractivity contribution in [3.63, 3.8) is 0 Å². The predicted octanol–water partition coefficient (Wildman–Crippen LogP) is 10.6. The van der Waals surface area contributed by atoms with Gasteiger partial charge in [-0.05, 0) is 168 Å². The van der Waals surface area contributed by atoms with Crippen LogP contribution in [0, 0.1) is 51.8 Å². The number of rotatable bonds is 18. The summed E-state index contributed by atoms with van der Waals surface area (Å²) in [7, 11) is 13.8. The fraction of sp³-hybridized carbons (Fsp3) is 0.848. The molecule has 0 bridgehead atoms. The van der Waals surface area contributed by atoms with E-state index in [0.29, 0.717) is 61.9 Å². The first-order valence-corrected chi connectivity index (χ1v) is 32.8. The second-order valence-corrected chi connectivity index (χ2v) is 27.7. The molecule has 8 unspecified atom stereocenters. The van der Waals surface area contributed by atoms with E-state index in [1.54, 1.807) is 0 Å². The lowest BCUT2D eigenvalue weighted by molar-refractivity contribution is -0.144. The minimum atomic E-state index is -0.430. The van der Waals surface area contributed by atoms with Crippen LogP contribution in [0.2, 0.25) is 0 Å². The Labute approximate surface area is 553 Å². The number of ether oxygens (including phenoxy) is 10. The van der Waals surface area contributed by atoms with E-state index < -0.39 is 24.4 Å². The molecule has 0 radical (unpaired) electrons. The molecule has 7 N–H and O–H groups in total. The van der Waals surface area contributed by atoms with Crippen LogP contribution in [-0.4, -0.2) is 174 Å². The Morgan fingerprint density at radius 2 is 0.903 bits per heavy atom. The molecule has 8 atom stereocenters. The Morgan fingerprint density at radius 1 is 0.441 bits per heavy atom. The fourth-order valence-corrected chi connectivity index (χ4v) is 13.8. The fourth-order valence-electron chi connectivity index (χ4n) is 13.8. The van der Waals surface area contributed by atoms with Crippen molar-refractivity contribution >= 4 is 60.6 Å². The van der Waals surface area contributed by atoms with Crippen molar-refractivity contribution in [2.75, 3.05) is 84.2 Å². The number of carbonyl (C=O) groups excluding carboxylic acids is 10. The zero-order valence-electron chi connectivity index (χ0n) is 59.4. The maximum atomic E-state index is 11.6. The lowest BCUT2D eigenvalue weighted by atomic mass is 9.62. The van der Waals surface area contributed by atoms with Gasteiger partial charge in [-0.15, -0.1) is 0 Å². The van der Waals surface area contributed by atoms with E-state index in [1.807, 2.05) is 20.8 Å². The number of alkyl carbamates (subject to hydrolysis) is 7. The summed E-state index contributed by atoms with van der Waals surface area (Å²) in [4.78, 5) is 112. The third-order valence-corrected chi connectivity index (χ3v) is 18.9. The summed E-state index contributed by atoms with van der Waals surface area (Å²) in [5.41, 5.74) is -0.391. The molecule has 5 aliphatic carbocycles. The van der Waals surface area contributed by atoms with Crippen LogP contribution in [-0.2, 0) is 61.8 Å². The van der Waals surface area contributed by atoms with E-state index in [-0.39, 0.29) is 88.1 Å². The van der Waals surface area contributed by atoms with Crippen molar-refractivity contribution in [1.29, 1.82) is 0 Å². The monoisotopic (exact) mass is 1330 g/mol. The third-order valence-electron chi connectivity index (χ3n) is 18.9. The minimum absolute atomic E-state index is 0.0263. The van der Waals surface area contributed by atoms with E-state index in [0.717, 1.165) is 109 Å². The summed E-state index contributed by atoms with van der Waals surface area (Å²) < 4.78 is 46.3. The number of carbonyl (C=O) groups is 10. The zero-order chi connectivity index (χ0) is 70.5. The van der Waals surface area contributed by atoms with E-state index in [9.17, 15) is 47.9 Å². The number of amides is 7. The van der Waals surface area contributed by atoms with E-state index in [2.05, 4.69) is 110 Å². The first-order chi connectivity index (χ1) is 43.7. The zero-order valence-corrected chi connectivity index (χ0v) is 59.4. The standard InChI is InChI=1S/C17H31NO4.C14H26N2O4.C13H23NO4.C11H20N2O4.C11H19NO4/c1-16(2,11-14(19)21-5)12-8-7-9-13(10-12)17(3,4)18-15(20)22-6;1-13(2)6-10(16-12(18)20-5)7-14(3,8-13)9-15-11(17)19-4;1-17-12(15)7-6-10-4-3-5-11(8-10)9-14-13(16)18-2;1-7-8(12-10(14)16-2)5-4-6-9(7)13-11(15)17-3;1-15-10(13)7-8-3-5-9(6-4-8)12-11(14)16-2/h12-13H,7-11H2,1-6H3,(H,18,20);10H,6-9H2,1-5H3,(H,15,17)(H,16,18);10-11H,3-9H2,1-2H3,(H,14,16);7-9H,4-6H2,1-3H3,(H,12,14)(H,13,15);8-9H,3-7H2,1-2H3,(H,12,14). The normalized spacial score (nSPS) is 25.4. The molecule has 0 saturated heterocycles. The van der Waals surface area contributed by atoms with Crippen LogP contribution in [0.25, 0.3) is 0 Å². The average molecular weight is 1330 g/mol. The molecule has 0 aliphatic heterocycles. The summed E-state index contributed by atoms with van der Waals surface area (Å²) in [5, 5.41) is 19.7. The third kappa shape index (κ3) is 34.3. The second kappa shape index (κ2) is 43.3. The molecule has 0 heterocycles. The van der Waals surface area contributed by atoms with E-state index in [4.69, 9.17) is 9.47 Å². The summed E-state index contributed by atoms with van der Waals surface area (Å²) in [6, 6.07) is 0.286. The molecular weight excluding hydrogens is 1210 g/mol. The predicted molar refractivity (Wildman–Crippen MR) is 348 cm³/mol. The Hall–Kier alpha value is -6.70. The van der Waals surface area contributed by atoms with Crippen LogP contribution in [0.5, 0.6) is 0 Å². The van der Waals surface area contributed by atoms with Gasteiger partial charge in [0.15, 0.2) is 0 Å². The average Bonchev–Trinajstić information content (AvgIpc) is 0.819. The van der Waals surface area contributed by atoms with Gasteiger partial charge < -0.3 is 84.6 Å². The van der Waals surface area contributed by atoms with Crippen molar-refractivity contribution in [1.82, 2.24) is 37.2 Å². The van der Waals surface area contributed by atoms with Gasteiger partial charge in [0, 0.05) is 55.6 Å². The van der Waals surface area contributed by atoms with Gasteiger partial charge in [-0.2, -0.15) is 0 Å². The molecule has 27 heteroatoms. The lowest BCUT2D eigenvalue weighted by Crippen LogP contribution is -2.52. The Morgan fingerprint density at radius 3 is 1.42 bits per heavy atom. The first-order valence-electron chi connectivity index (χ1n) is 32.8. The van der Waals surface area contributed by atoms with Crippen LogP contribution in [0.4, 0.5) is 33.6 Å². The lowest BCUT2D eigenvalue weighted by Gasteiger charge is -2.46. The Kier molecular flexibility index (Phi) is 39.3. The molecule has 27 nitrogen and oxygen atoms in total. The van der Waals surface area contributed by atoms with Crippen molar-refractivity contribution in [2.24, 2.45) is 51.8 Å². The first kappa shape index (κ1) is 84.3. The van der Waals surface area contributed by atoms with Gasteiger partial charge >= 0.3 is 60.6 Å². The van der Waals surface area contributed by atoms with Crippen LogP contribution in [0.3, 0.4) is 0 Å². The van der Waals surface area contributed by atoms with Crippen molar-refractivity contribution in [3.05, 3.63) is 0 Å². The number of methoxy groups -OCH3 is 10. The molecule has 0 aromatic rings. The van der Waals surface area contributed by atoms with Gasteiger partial charge in [-0.1, -0.05) is 60.8 Å². The smallest absolute Gasteiger partial charge is 0.407 e. The Bertz CT molecular complexity index is 2180. The highest BCUT2D eigenvalue weighted by atomic mass is 16.6. The summed E-state index contributed by atoms with van der Waals surface area (Å²) in [6.07, 6.45) is 17.5. The largest absolute Gasteiger partial charge is 0.469 e. The van der Waals surface area contributed by atoms with Gasteiger partial charge in [-0.3, -0.25) is 14.4 Å². The highest BCUT2D eigenvalue weighted by molar-refractivity contribution is 5.71.